The van der Waals surface area contributed by atoms with Crippen molar-refractivity contribution in [3.05, 3.63) is 27.5 Å². The minimum atomic E-state index is -2.57. The number of hydrogen-bond acceptors (Lipinski definition) is 3. The number of alkyl halides is 2. The largest absolute Gasteiger partial charge is 0.466 e. The Hall–Kier alpha value is -1.04. The van der Waals surface area contributed by atoms with Gasteiger partial charge in [-0.1, -0.05) is 0 Å². The van der Waals surface area contributed by atoms with Crippen LogP contribution in [0.15, 0.2) is 10.7 Å². The van der Waals surface area contributed by atoms with Crippen molar-refractivity contribution < 1.29 is 18.3 Å². The normalized spacial score (nSPS) is 10.7. The molecule has 0 saturated carbocycles. The minimum Gasteiger partial charge on any atom is -0.466 e. The molecule has 0 fully saturated rings. The molecule has 1 aromatic rings. The molecule has 0 atom stereocenters. The Kier molecular flexibility index (Phi) is 4.99. The first-order valence-corrected chi connectivity index (χ1v) is 5.84. The van der Waals surface area contributed by atoms with Crippen molar-refractivity contribution in [3.63, 3.8) is 0 Å². The Morgan fingerprint density at radius 3 is 2.76 bits per heavy atom. The van der Waals surface area contributed by atoms with E-state index in [0.29, 0.717) is 15.7 Å². The van der Waals surface area contributed by atoms with Crippen molar-refractivity contribution in [2.24, 2.45) is 0 Å². The molecule has 0 aromatic carbocycles. The van der Waals surface area contributed by atoms with Gasteiger partial charge in [-0.2, -0.15) is 0 Å². The zero-order chi connectivity index (χ0) is 13.0. The van der Waals surface area contributed by atoms with Crippen LogP contribution in [-0.2, 0) is 16.0 Å². The van der Waals surface area contributed by atoms with E-state index in [0.717, 1.165) is 6.20 Å². The molecule has 0 bridgehead atoms. The van der Waals surface area contributed by atoms with E-state index in [1.54, 1.807) is 13.8 Å². The average Bonchev–Trinajstić information content (AvgIpc) is 2.25. The molecule has 6 heteroatoms. The van der Waals surface area contributed by atoms with Gasteiger partial charge >= 0.3 is 5.97 Å². The number of nitrogens with zero attached hydrogens (tertiary/aromatic N) is 1. The molecule has 0 amide bonds. The maximum atomic E-state index is 12.6. The lowest BCUT2D eigenvalue weighted by molar-refractivity contribution is -0.142. The predicted octanol–water partition coefficient (Wildman–Crippen LogP) is 3.20. The van der Waals surface area contributed by atoms with E-state index in [-0.39, 0.29) is 18.6 Å². The Balaban J connectivity index is 2.96. The molecular weight excluding hydrogens is 296 g/mol. The van der Waals surface area contributed by atoms with Crippen LogP contribution in [0.25, 0.3) is 0 Å². The zero-order valence-electron chi connectivity index (χ0n) is 9.47. The summed E-state index contributed by atoms with van der Waals surface area (Å²) in [5, 5.41) is 0. The van der Waals surface area contributed by atoms with E-state index >= 15 is 0 Å². The number of carbonyl (C=O) groups is 1. The summed E-state index contributed by atoms with van der Waals surface area (Å²) in [6.45, 7) is 3.54. The molecule has 0 radical (unpaired) electrons. The molecule has 0 aliphatic heterocycles. The Morgan fingerprint density at radius 1 is 1.59 bits per heavy atom. The standard InChI is InChI=1S/C11H12BrF2NO2/c1-3-17-9(16)4-8-10(12)6(2)7(5-15-8)11(13)14/h5,11H,3-4H2,1-2H3. The molecule has 0 N–H and O–H groups in total. The first kappa shape index (κ1) is 14.0. The number of carbonyl (C=O) groups excluding carboxylic acids is 1. The van der Waals surface area contributed by atoms with Crippen molar-refractivity contribution in [2.75, 3.05) is 6.61 Å². The minimum absolute atomic E-state index is 0.0290. The maximum absolute atomic E-state index is 12.6. The molecule has 3 nitrogen and oxygen atoms in total. The number of rotatable bonds is 4. The van der Waals surface area contributed by atoms with Crippen LogP contribution in [0, 0.1) is 6.92 Å². The topological polar surface area (TPSA) is 39.2 Å². The third-order valence-electron chi connectivity index (χ3n) is 2.23. The van der Waals surface area contributed by atoms with E-state index in [4.69, 9.17) is 4.74 Å². The van der Waals surface area contributed by atoms with Crippen molar-refractivity contribution in [1.82, 2.24) is 4.98 Å². The summed E-state index contributed by atoms with van der Waals surface area (Å²) in [4.78, 5) is 15.1. The lowest BCUT2D eigenvalue weighted by atomic mass is 10.1. The van der Waals surface area contributed by atoms with Crippen LogP contribution in [0.3, 0.4) is 0 Å². The Morgan fingerprint density at radius 2 is 2.24 bits per heavy atom. The summed E-state index contributed by atoms with van der Waals surface area (Å²) in [5.41, 5.74) is 0.670. The quantitative estimate of drug-likeness (QED) is 0.802. The van der Waals surface area contributed by atoms with Gasteiger partial charge in [0.2, 0.25) is 0 Å². The van der Waals surface area contributed by atoms with Crippen LogP contribution in [0.1, 0.15) is 30.2 Å². The number of halogens is 3. The first-order valence-electron chi connectivity index (χ1n) is 5.05. The molecule has 0 saturated heterocycles. The summed E-state index contributed by atoms with van der Waals surface area (Å²) in [6, 6.07) is 0. The number of pyridine rings is 1. The van der Waals surface area contributed by atoms with Gasteiger partial charge in [-0.25, -0.2) is 8.78 Å². The van der Waals surface area contributed by atoms with E-state index in [9.17, 15) is 13.6 Å². The van der Waals surface area contributed by atoms with Crippen molar-refractivity contribution >= 4 is 21.9 Å². The number of hydrogen-bond donors (Lipinski definition) is 0. The molecule has 1 rings (SSSR count). The third-order valence-corrected chi connectivity index (χ3v) is 3.28. The highest BCUT2D eigenvalue weighted by molar-refractivity contribution is 9.10. The first-order chi connectivity index (χ1) is 7.97. The molecule has 17 heavy (non-hydrogen) atoms. The molecular formula is C11H12BrF2NO2. The van der Waals surface area contributed by atoms with Crippen molar-refractivity contribution in [3.8, 4) is 0 Å². The summed E-state index contributed by atoms with van der Waals surface area (Å²) < 4.78 is 30.3. The van der Waals surface area contributed by atoms with Crippen LogP contribution in [0.5, 0.6) is 0 Å². The second-order valence-corrected chi connectivity index (χ2v) is 4.17. The van der Waals surface area contributed by atoms with Crippen LogP contribution < -0.4 is 0 Å². The summed E-state index contributed by atoms with van der Waals surface area (Å²) >= 11 is 3.18. The van der Waals surface area contributed by atoms with Gasteiger partial charge in [0, 0.05) is 16.2 Å². The van der Waals surface area contributed by atoms with Crippen molar-refractivity contribution in [1.29, 1.82) is 0 Å². The fourth-order valence-corrected chi connectivity index (χ4v) is 1.81. The molecule has 0 aliphatic carbocycles. The van der Waals surface area contributed by atoms with E-state index in [2.05, 4.69) is 20.9 Å². The summed E-state index contributed by atoms with van der Waals surface area (Å²) in [7, 11) is 0. The van der Waals surface area contributed by atoms with E-state index in [1.807, 2.05) is 0 Å². The van der Waals surface area contributed by atoms with Crippen LogP contribution in [-0.4, -0.2) is 17.6 Å². The number of esters is 1. The Labute approximate surface area is 106 Å². The SMILES string of the molecule is CCOC(=O)Cc1ncc(C(F)F)c(C)c1Br. The second kappa shape index (κ2) is 6.05. The molecule has 0 unspecified atom stereocenters. The van der Waals surface area contributed by atoms with Crippen LogP contribution in [0.4, 0.5) is 8.78 Å². The second-order valence-electron chi connectivity index (χ2n) is 3.38. The van der Waals surface area contributed by atoms with Gasteiger partial charge in [0.05, 0.1) is 18.7 Å². The third kappa shape index (κ3) is 3.46. The number of ether oxygens (including phenoxy) is 1. The van der Waals surface area contributed by atoms with E-state index < -0.39 is 12.4 Å². The molecule has 0 aliphatic rings. The molecule has 94 valence electrons. The van der Waals surface area contributed by atoms with Gasteiger partial charge in [0.25, 0.3) is 6.43 Å². The lowest BCUT2D eigenvalue weighted by Crippen LogP contribution is -2.10. The summed E-state index contributed by atoms with van der Waals surface area (Å²) in [5.74, 6) is -0.426. The van der Waals surface area contributed by atoms with Gasteiger partial charge in [0.1, 0.15) is 0 Å². The van der Waals surface area contributed by atoms with Gasteiger partial charge < -0.3 is 4.74 Å². The van der Waals surface area contributed by atoms with Gasteiger partial charge in [-0.3, -0.25) is 9.78 Å². The average molecular weight is 308 g/mol. The van der Waals surface area contributed by atoms with Crippen molar-refractivity contribution in [2.45, 2.75) is 26.7 Å². The van der Waals surface area contributed by atoms with E-state index in [1.165, 1.54) is 0 Å². The van der Waals surface area contributed by atoms with Crippen LogP contribution >= 0.6 is 15.9 Å². The smallest absolute Gasteiger partial charge is 0.311 e. The number of aromatic nitrogens is 1. The monoisotopic (exact) mass is 307 g/mol. The molecule has 1 heterocycles. The van der Waals surface area contributed by atoms with Gasteiger partial charge in [-0.05, 0) is 35.3 Å². The highest BCUT2D eigenvalue weighted by Crippen LogP contribution is 2.29. The Bertz CT molecular complexity index is 424. The lowest BCUT2D eigenvalue weighted by Gasteiger charge is -2.10. The van der Waals surface area contributed by atoms with Crippen LogP contribution in [0.2, 0.25) is 0 Å². The maximum Gasteiger partial charge on any atom is 0.311 e. The highest BCUT2D eigenvalue weighted by Gasteiger charge is 2.17. The van der Waals surface area contributed by atoms with Gasteiger partial charge in [-0.15, -0.1) is 0 Å². The zero-order valence-corrected chi connectivity index (χ0v) is 11.1. The highest BCUT2D eigenvalue weighted by atomic mass is 79.9. The summed E-state index contributed by atoms with van der Waals surface area (Å²) in [6.07, 6.45) is -1.51. The fourth-order valence-electron chi connectivity index (χ4n) is 1.34. The van der Waals surface area contributed by atoms with Gasteiger partial charge in [0.15, 0.2) is 0 Å². The predicted molar refractivity (Wildman–Crippen MR) is 62.0 cm³/mol. The fraction of sp³-hybridized carbons (Fsp3) is 0.455. The molecule has 1 aromatic heterocycles. The molecule has 0 spiro atoms.